The first-order valence-electron chi connectivity index (χ1n) is 9.34. The number of hydrogen-bond acceptors (Lipinski definition) is 6. The molecular weight excluding hydrogens is 364 g/mol. The first-order chi connectivity index (χ1) is 14.2. The highest BCUT2D eigenvalue weighted by molar-refractivity contribution is 5.68. The van der Waals surface area contributed by atoms with Gasteiger partial charge in [-0.05, 0) is 30.5 Å². The van der Waals surface area contributed by atoms with Crippen LogP contribution in [0.1, 0.15) is 29.2 Å². The Kier molecular flexibility index (Phi) is 5.18. The third-order valence-corrected chi connectivity index (χ3v) is 4.81. The van der Waals surface area contributed by atoms with Crippen LogP contribution in [0.2, 0.25) is 0 Å². The summed E-state index contributed by atoms with van der Waals surface area (Å²) in [6.45, 7) is 2.02. The number of nitriles is 1. The quantitative estimate of drug-likeness (QED) is 0.528. The summed E-state index contributed by atoms with van der Waals surface area (Å²) in [5.41, 5.74) is 4.50. The molecule has 0 bridgehead atoms. The summed E-state index contributed by atoms with van der Waals surface area (Å²) < 4.78 is 1.92. The molecule has 0 saturated carbocycles. The van der Waals surface area contributed by atoms with E-state index in [1.54, 1.807) is 6.20 Å². The number of imidazole rings is 1. The van der Waals surface area contributed by atoms with Gasteiger partial charge in [0.05, 0.1) is 29.7 Å². The lowest BCUT2D eigenvalue weighted by atomic mass is 10.0. The van der Waals surface area contributed by atoms with Crippen LogP contribution in [0.5, 0.6) is 0 Å². The Hall–Kier alpha value is -3.76. The second-order valence-electron chi connectivity index (χ2n) is 6.72. The monoisotopic (exact) mass is 384 g/mol. The number of pyridine rings is 1. The molecule has 0 aliphatic carbocycles. The lowest BCUT2D eigenvalue weighted by Crippen LogP contribution is -2.15. The predicted octanol–water partition coefficient (Wildman–Crippen LogP) is 3.51. The van der Waals surface area contributed by atoms with Crippen molar-refractivity contribution in [2.45, 2.75) is 19.4 Å². The standard InChI is InChI=1S/C22H20N6O/c1-15-6-5-10-28-19(14-24-21(15)28)20-17(12-23)13-25-22(27-20)26-18(9-11-29)16-7-3-2-4-8-16/h2-8,10,13-14,18,29H,9,11H2,1H3,(H,25,26,27). The molecule has 4 aromatic rings. The Morgan fingerprint density at radius 1 is 1.14 bits per heavy atom. The molecule has 7 heteroatoms. The van der Waals surface area contributed by atoms with Gasteiger partial charge >= 0.3 is 0 Å². The van der Waals surface area contributed by atoms with Crippen LogP contribution in [0, 0.1) is 18.3 Å². The lowest BCUT2D eigenvalue weighted by Gasteiger charge is -2.18. The van der Waals surface area contributed by atoms with Crippen LogP contribution < -0.4 is 5.32 Å². The minimum Gasteiger partial charge on any atom is -0.396 e. The van der Waals surface area contributed by atoms with Gasteiger partial charge in [-0.3, -0.25) is 4.40 Å². The van der Waals surface area contributed by atoms with E-state index in [1.807, 2.05) is 60.0 Å². The van der Waals surface area contributed by atoms with Crippen molar-refractivity contribution in [3.8, 4) is 17.5 Å². The van der Waals surface area contributed by atoms with Crippen molar-refractivity contribution in [2.24, 2.45) is 0 Å². The third kappa shape index (κ3) is 3.66. The van der Waals surface area contributed by atoms with Gasteiger partial charge < -0.3 is 10.4 Å². The van der Waals surface area contributed by atoms with E-state index in [2.05, 4.69) is 26.3 Å². The number of anilines is 1. The van der Waals surface area contributed by atoms with Crippen molar-refractivity contribution in [1.82, 2.24) is 19.4 Å². The third-order valence-electron chi connectivity index (χ3n) is 4.81. The second-order valence-corrected chi connectivity index (χ2v) is 6.72. The van der Waals surface area contributed by atoms with E-state index in [1.165, 1.54) is 6.20 Å². The van der Waals surface area contributed by atoms with Crippen molar-refractivity contribution in [3.63, 3.8) is 0 Å². The number of nitrogens with zero attached hydrogens (tertiary/aromatic N) is 5. The van der Waals surface area contributed by atoms with E-state index < -0.39 is 0 Å². The number of benzene rings is 1. The second kappa shape index (κ2) is 8.09. The van der Waals surface area contributed by atoms with Gasteiger partial charge in [0.1, 0.15) is 17.4 Å². The molecule has 29 heavy (non-hydrogen) atoms. The maximum absolute atomic E-state index is 9.57. The van der Waals surface area contributed by atoms with Crippen LogP contribution in [-0.4, -0.2) is 31.1 Å². The SMILES string of the molecule is Cc1cccn2c(-c3nc(NC(CCO)c4ccccc4)ncc3C#N)cnc12. The molecule has 0 aliphatic rings. The maximum Gasteiger partial charge on any atom is 0.223 e. The molecule has 1 unspecified atom stereocenters. The lowest BCUT2D eigenvalue weighted by molar-refractivity contribution is 0.280. The first kappa shape index (κ1) is 18.6. The average molecular weight is 384 g/mol. The molecule has 1 atom stereocenters. The molecule has 0 radical (unpaired) electrons. The van der Waals surface area contributed by atoms with Gasteiger partial charge in [-0.2, -0.15) is 5.26 Å². The zero-order valence-corrected chi connectivity index (χ0v) is 15.9. The number of aliphatic hydroxyl groups excluding tert-OH is 1. The van der Waals surface area contributed by atoms with Gasteiger partial charge in [-0.1, -0.05) is 36.4 Å². The molecule has 0 fully saturated rings. The fourth-order valence-electron chi connectivity index (χ4n) is 3.35. The molecule has 3 aromatic heterocycles. The minimum absolute atomic E-state index is 0.0300. The summed E-state index contributed by atoms with van der Waals surface area (Å²) in [4.78, 5) is 13.4. The predicted molar refractivity (Wildman–Crippen MR) is 110 cm³/mol. The Balaban J connectivity index is 1.75. The van der Waals surface area contributed by atoms with Crippen LogP contribution in [0.25, 0.3) is 17.0 Å². The van der Waals surface area contributed by atoms with Gasteiger partial charge in [-0.25, -0.2) is 15.0 Å². The number of aromatic nitrogens is 4. The molecule has 7 nitrogen and oxygen atoms in total. The molecule has 0 saturated heterocycles. The van der Waals surface area contributed by atoms with E-state index in [9.17, 15) is 10.4 Å². The minimum atomic E-state index is -0.147. The summed E-state index contributed by atoms with van der Waals surface area (Å²) in [5.74, 6) is 0.393. The van der Waals surface area contributed by atoms with E-state index in [-0.39, 0.29) is 12.6 Å². The Labute approximate surface area is 168 Å². The van der Waals surface area contributed by atoms with Crippen molar-refractivity contribution in [1.29, 1.82) is 5.26 Å². The Morgan fingerprint density at radius 3 is 2.72 bits per heavy atom. The highest BCUT2D eigenvalue weighted by Gasteiger charge is 2.17. The van der Waals surface area contributed by atoms with Crippen LogP contribution >= 0.6 is 0 Å². The largest absolute Gasteiger partial charge is 0.396 e. The first-order valence-corrected chi connectivity index (χ1v) is 9.34. The zero-order chi connectivity index (χ0) is 20.2. The molecule has 0 amide bonds. The summed E-state index contributed by atoms with van der Waals surface area (Å²) in [6, 6.07) is 15.8. The van der Waals surface area contributed by atoms with Crippen LogP contribution in [0.3, 0.4) is 0 Å². The fraction of sp³-hybridized carbons (Fsp3) is 0.182. The summed E-state index contributed by atoms with van der Waals surface area (Å²) in [7, 11) is 0. The summed E-state index contributed by atoms with van der Waals surface area (Å²) in [5, 5.41) is 22.3. The molecule has 0 aliphatic heterocycles. The molecule has 0 spiro atoms. The van der Waals surface area contributed by atoms with E-state index in [0.29, 0.717) is 23.6 Å². The highest BCUT2D eigenvalue weighted by atomic mass is 16.3. The van der Waals surface area contributed by atoms with Crippen molar-refractivity contribution >= 4 is 11.6 Å². The maximum atomic E-state index is 9.57. The number of nitrogens with one attached hydrogen (secondary N) is 1. The molecule has 3 heterocycles. The van der Waals surface area contributed by atoms with Gasteiger partial charge in [0.15, 0.2) is 0 Å². The fourth-order valence-corrected chi connectivity index (χ4v) is 3.35. The van der Waals surface area contributed by atoms with Crippen LogP contribution in [0.4, 0.5) is 5.95 Å². The number of fused-ring (bicyclic) bond motifs is 1. The molecular formula is C22H20N6O. The Bertz CT molecular complexity index is 1180. The van der Waals surface area contributed by atoms with E-state index in [4.69, 9.17) is 0 Å². The highest BCUT2D eigenvalue weighted by Crippen LogP contribution is 2.26. The molecule has 4 rings (SSSR count). The smallest absolute Gasteiger partial charge is 0.223 e. The van der Waals surface area contributed by atoms with E-state index in [0.717, 1.165) is 22.5 Å². The van der Waals surface area contributed by atoms with Crippen molar-refractivity contribution in [2.75, 3.05) is 11.9 Å². The molecule has 2 N–H and O–H groups in total. The van der Waals surface area contributed by atoms with Crippen molar-refractivity contribution in [3.05, 3.63) is 77.7 Å². The van der Waals surface area contributed by atoms with Gasteiger partial charge in [0.2, 0.25) is 5.95 Å². The molecule has 1 aromatic carbocycles. The average Bonchev–Trinajstić information content (AvgIpc) is 3.19. The molecule has 144 valence electrons. The zero-order valence-electron chi connectivity index (χ0n) is 15.9. The van der Waals surface area contributed by atoms with Crippen molar-refractivity contribution < 1.29 is 5.11 Å². The van der Waals surface area contributed by atoms with Crippen LogP contribution in [-0.2, 0) is 0 Å². The number of aliphatic hydroxyl groups is 1. The summed E-state index contributed by atoms with van der Waals surface area (Å²) in [6.07, 6.45) is 5.65. The number of aryl methyl sites for hydroxylation is 1. The van der Waals surface area contributed by atoms with Gasteiger partial charge in [0, 0.05) is 12.8 Å². The summed E-state index contributed by atoms with van der Waals surface area (Å²) >= 11 is 0. The van der Waals surface area contributed by atoms with E-state index >= 15 is 0 Å². The topological polar surface area (TPSA) is 99.1 Å². The number of rotatable bonds is 6. The van der Waals surface area contributed by atoms with Gasteiger partial charge in [-0.15, -0.1) is 0 Å². The Morgan fingerprint density at radius 2 is 1.97 bits per heavy atom. The number of hydrogen-bond donors (Lipinski definition) is 2. The van der Waals surface area contributed by atoms with Crippen LogP contribution in [0.15, 0.2) is 61.1 Å². The van der Waals surface area contributed by atoms with Gasteiger partial charge in [0.25, 0.3) is 0 Å². The normalized spacial score (nSPS) is 11.9.